The third kappa shape index (κ3) is 35.9. The SMILES string of the molecule is CC(C)(C)OC(=O)NCCCCC(C=O)NCc1ccc2ccccc2c1.CCCCCCCCCCCCCCOCC(CNC)OCCCCCCCCCCCCCC. The van der Waals surface area contributed by atoms with Gasteiger partial charge in [-0.3, -0.25) is 0 Å². The average Bonchev–Trinajstić information content (AvgIpc) is 3.25. The number of alkyl carbamates (subject to hydrolysis) is 1. The Bertz CT molecular complexity index is 1300. The number of carbonyl (C=O) groups is 2. The van der Waals surface area contributed by atoms with Gasteiger partial charge in [-0.2, -0.15) is 0 Å². The Hall–Kier alpha value is -2.52. The van der Waals surface area contributed by atoms with E-state index in [9.17, 15) is 9.59 Å². The van der Waals surface area contributed by atoms with Crippen molar-refractivity contribution in [3.8, 4) is 0 Å². The van der Waals surface area contributed by atoms with E-state index in [1.54, 1.807) is 0 Å². The Morgan fingerprint density at radius 1 is 0.645 bits per heavy atom. The molecule has 8 nitrogen and oxygen atoms in total. The first-order valence-corrected chi connectivity index (χ1v) is 25.7. The van der Waals surface area contributed by atoms with Gasteiger partial charge in [0.2, 0.25) is 0 Å². The molecule has 2 aromatic carbocycles. The number of hydrogen-bond donors (Lipinski definition) is 3. The normalized spacial score (nSPS) is 12.5. The topological polar surface area (TPSA) is 97.9 Å². The van der Waals surface area contributed by atoms with Crippen molar-refractivity contribution in [1.82, 2.24) is 16.0 Å². The van der Waals surface area contributed by atoms with Crippen LogP contribution in [0, 0.1) is 0 Å². The summed E-state index contributed by atoms with van der Waals surface area (Å²) < 4.78 is 17.2. The van der Waals surface area contributed by atoms with Crippen LogP contribution in [0.1, 0.15) is 214 Å². The van der Waals surface area contributed by atoms with Crippen LogP contribution in [0.2, 0.25) is 0 Å². The van der Waals surface area contributed by atoms with Crippen LogP contribution in [0.4, 0.5) is 4.79 Å². The number of benzene rings is 2. The quantitative estimate of drug-likeness (QED) is 0.0453. The predicted octanol–water partition coefficient (Wildman–Crippen LogP) is 14.2. The molecule has 0 heterocycles. The van der Waals surface area contributed by atoms with E-state index in [2.05, 4.69) is 60.1 Å². The molecule has 3 N–H and O–H groups in total. The van der Waals surface area contributed by atoms with Gasteiger partial charge in [0.1, 0.15) is 11.9 Å². The number of aldehydes is 1. The molecule has 2 unspecified atom stereocenters. The number of carbonyl (C=O) groups excluding carboxylic acids is 2. The van der Waals surface area contributed by atoms with E-state index in [1.807, 2.05) is 40.0 Å². The molecule has 0 spiro atoms. The first kappa shape index (κ1) is 57.5. The minimum Gasteiger partial charge on any atom is -0.444 e. The van der Waals surface area contributed by atoms with Gasteiger partial charge in [-0.25, -0.2) is 4.79 Å². The molecule has 0 aliphatic heterocycles. The molecule has 0 aliphatic rings. The van der Waals surface area contributed by atoms with Crippen molar-refractivity contribution in [2.45, 2.75) is 232 Å². The molecule has 0 radical (unpaired) electrons. The van der Waals surface area contributed by atoms with Crippen LogP contribution in [0.15, 0.2) is 42.5 Å². The van der Waals surface area contributed by atoms with Gasteiger partial charge in [0.05, 0.1) is 18.8 Å². The van der Waals surface area contributed by atoms with Crippen LogP contribution < -0.4 is 16.0 Å². The second-order valence-electron chi connectivity index (χ2n) is 18.6. The van der Waals surface area contributed by atoms with Gasteiger partial charge in [-0.1, -0.05) is 192 Å². The molecule has 0 aliphatic carbocycles. The van der Waals surface area contributed by atoms with Crippen molar-refractivity contribution in [2.75, 3.05) is 40.0 Å². The van der Waals surface area contributed by atoms with Gasteiger partial charge in [0.15, 0.2) is 0 Å². The van der Waals surface area contributed by atoms with Gasteiger partial charge in [0, 0.05) is 32.8 Å². The van der Waals surface area contributed by atoms with Gasteiger partial charge in [0.25, 0.3) is 0 Å². The first-order valence-electron chi connectivity index (χ1n) is 25.7. The highest BCUT2D eigenvalue weighted by Gasteiger charge is 2.15. The van der Waals surface area contributed by atoms with Crippen LogP contribution in [0.3, 0.4) is 0 Å². The van der Waals surface area contributed by atoms with Crippen LogP contribution in [-0.2, 0) is 25.5 Å². The molecule has 62 heavy (non-hydrogen) atoms. The summed E-state index contributed by atoms with van der Waals surface area (Å²) in [6.07, 6.45) is 36.5. The summed E-state index contributed by atoms with van der Waals surface area (Å²) in [5.74, 6) is 0. The highest BCUT2D eigenvalue weighted by atomic mass is 16.6. The lowest BCUT2D eigenvalue weighted by molar-refractivity contribution is -0.109. The molecule has 358 valence electrons. The van der Waals surface area contributed by atoms with Crippen molar-refractivity contribution < 1.29 is 23.8 Å². The predicted molar refractivity (Wildman–Crippen MR) is 265 cm³/mol. The number of amides is 1. The summed E-state index contributed by atoms with van der Waals surface area (Å²) in [6, 6.07) is 14.4. The third-order valence-corrected chi connectivity index (χ3v) is 11.4. The molecule has 1 amide bonds. The number of ether oxygens (including phenoxy) is 3. The summed E-state index contributed by atoms with van der Waals surface area (Å²) in [4.78, 5) is 22.9. The number of unbranched alkanes of at least 4 members (excludes halogenated alkanes) is 23. The fraction of sp³-hybridized carbons (Fsp3) is 0.778. The van der Waals surface area contributed by atoms with E-state index in [4.69, 9.17) is 14.2 Å². The molecule has 0 fully saturated rings. The van der Waals surface area contributed by atoms with Crippen LogP contribution in [0.5, 0.6) is 0 Å². The Labute approximate surface area is 381 Å². The first-order chi connectivity index (χ1) is 30.2. The number of rotatable bonds is 40. The molecule has 0 saturated carbocycles. The Kier molecular flexibility index (Phi) is 38.2. The molecule has 0 bridgehead atoms. The number of nitrogens with one attached hydrogen (secondary N) is 3. The standard InChI is InChI=1S/C32H67NO2.C22H30N2O3/c1-4-6-8-10-12-14-16-18-20-22-24-26-28-34-31-32(30-33-3)35-29-27-25-23-21-19-17-15-13-11-9-7-5-2;1-22(2,3)27-21(26)23-13-7-6-10-20(16-25)24-15-17-11-12-18-8-4-5-9-19(18)14-17/h32-33H,4-31H2,1-3H3;4-5,8-9,11-12,14,16,20,24H,6-7,10,13,15H2,1-3H3,(H,23,26). The van der Waals surface area contributed by atoms with Crippen molar-refractivity contribution in [3.05, 3.63) is 48.0 Å². The third-order valence-electron chi connectivity index (χ3n) is 11.4. The van der Waals surface area contributed by atoms with E-state index in [-0.39, 0.29) is 12.1 Å². The van der Waals surface area contributed by atoms with Crippen molar-refractivity contribution in [3.63, 3.8) is 0 Å². The fourth-order valence-corrected chi connectivity index (χ4v) is 7.66. The van der Waals surface area contributed by atoms with Gasteiger partial charge >= 0.3 is 6.09 Å². The second-order valence-corrected chi connectivity index (χ2v) is 18.6. The summed E-state index contributed by atoms with van der Waals surface area (Å²) >= 11 is 0. The maximum Gasteiger partial charge on any atom is 0.407 e. The van der Waals surface area contributed by atoms with Crippen LogP contribution in [-0.4, -0.2) is 70.1 Å². The van der Waals surface area contributed by atoms with E-state index >= 15 is 0 Å². The monoisotopic (exact) mass is 868 g/mol. The maximum atomic E-state index is 11.6. The summed E-state index contributed by atoms with van der Waals surface area (Å²) in [5, 5.41) is 11.7. The molecule has 2 atom stereocenters. The summed E-state index contributed by atoms with van der Waals surface area (Å²) in [7, 11) is 2.01. The van der Waals surface area contributed by atoms with Crippen molar-refractivity contribution >= 4 is 23.2 Å². The molecule has 8 heteroatoms. The van der Waals surface area contributed by atoms with Crippen molar-refractivity contribution in [1.29, 1.82) is 0 Å². The zero-order valence-electron chi connectivity index (χ0n) is 41.1. The minimum absolute atomic E-state index is 0.182. The van der Waals surface area contributed by atoms with Gasteiger partial charge < -0.3 is 35.0 Å². The maximum absolute atomic E-state index is 11.6. The summed E-state index contributed by atoms with van der Waals surface area (Å²) in [5.41, 5.74) is 0.673. The zero-order valence-corrected chi connectivity index (χ0v) is 41.1. The largest absolute Gasteiger partial charge is 0.444 e. The van der Waals surface area contributed by atoms with Crippen molar-refractivity contribution in [2.24, 2.45) is 0 Å². The van der Waals surface area contributed by atoms with E-state index < -0.39 is 11.7 Å². The fourth-order valence-electron chi connectivity index (χ4n) is 7.66. The Morgan fingerprint density at radius 2 is 1.16 bits per heavy atom. The lowest BCUT2D eigenvalue weighted by Crippen LogP contribution is -2.33. The summed E-state index contributed by atoms with van der Waals surface area (Å²) in [6.45, 7) is 14.7. The Balaban J connectivity index is 0.000000638. The Morgan fingerprint density at radius 3 is 1.68 bits per heavy atom. The lowest BCUT2D eigenvalue weighted by atomic mass is 10.1. The van der Waals surface area contributed by atoms with Crippen LogP contribution >= 0.6 is 0 Å². The van der Waals surface area contributed by atoms with E-state index in [0.717, 1.165) is 57.5 Å². The average molecular weight is 868 g/mol. The minimum atomic E-state index is -0.487. The number of likely N-dealkylation sites (N-methyl/N-ethyl adjacent to an activating group) is 1. The number of hydrogen-bond acceptors (Lipinski definition) is 7. The molecule has 0 aromatic heterocycles. The zero-order chi connectivity index (χ0) is 45.2. The van der Waals surface area contributed by atoms with Crippen LogP contribution in [0.25, 0.3) is 10.8 Å². The second kappa shape index (κ2) is 41.2. The highest BCUT2D eigenvalue weighted by Crippen LogP contribution is 2.17. The number of fused-ring (bicyclic) bond motifs is 1. The molecular weight excluding hydrogens is 771 g/mol. The highest BCUT2D eigenvalue weighted by molar-refractivity contribution is 5.83. The van der Waals surface area contributed by atoms with Gasteiger partial charge in [-0.15, -0.1) is 0 Å². The van der Waals surface area contributed by atoms with E-state index in [1.165, 1.54) is 165 Å². The molecule has 0 saturated heterocycles. The molecule has 2 aromatic rings. The molecule has 2 rings (SSSR count). The lowest BCUT2D eigenvalue weighted by Gasteiger charge is -2.19. The van der Waals surface area contributed by atoms with E-state index in [0.29, 0.717) is 13.1 Å². The smallest absolute Gasteiger partial charge is 0.407 e. The van der Waals surface area contributed by atoms with Gasteiger partial charge in [-0.05, 0) is 82.3 Å². The molecular formula is C54H97N3O5.